The number of carbonyl (C=O) groups excluding carboxylic acids is 1. The van der Waals surface area contributed by atoms with Gasteiger partial charge in [-0.2, -0.15) is 0 Å². The first-order chi connectivity index (χ1) is 19.6. The quantitative estimate of drug-likeness (QED) is 0.313. The Labute approximate surface area is 228 Å². The van der Waals surface area contributed by atoms with Crippen LogP contribution >= 0.6 is 0 Å². The summed E-state index contributed by atoms with van der Waals surface area (Å²) in [6, 6.07) is 26.4. The summed E-state index contributed by atoms with van der Waals surface area (Å²) in [4.78, 5) is 51.3. The zero-order valence-electron chi connectivity index (χ0n) is 21.3. The van der Waals surface area contributed by atoms with E-state index in [1.165, 1.54) is 21.5 Å². The third-order valence-corrected chi connectivity index (χ3v) is 6.57. The lowest BCUT2D eigenvalue weighted by atomic mass is 10.1. The highest BCUT2D eigenvalue weighted by Crippen LogP contribution is 2.21. The molecule has 3 aromatic carbocycles. The number of allylic oxidation sites excluding steroid dienone is 1. The van der Waals surface area contributed by atoms with E-state index in [0.717, 1.165) is 16.7 Å². The topological polar surface area (TPSA) is 108 Å². The Bertz CT molecular complexity index is 1950. The molecule has 40 heavy (non-hydrogen) atoms. The number of hydrogen-bond donors (Lipinski definition) is 1. The maximum Gasteiger partial charge on any atom is 0.333 e. The molecular weight excluding hydrogens is 504 g/mol. The van der Waals surface area contributed by atoms with Crippen molar-refractivity contribution in [2.75, 3.05) is 0 Å². The summed E-state index contributed by atoms with van der Waals surface area (Å²) < 4.78 is 4.16. The Balaban J connectivity index is 1.44. The van der Waals surface area contributed by atoms with Gasteiger partial charge in [-0.1, -0.05) is 78.9 Å². The molecule has 0 saturated carbocycles. The monoisotopic (exact) mass is 528 g/mol. The number of fused-ring (bicyclic) bond motifs is 1. The Kier molecular flexibility index (Phi) is 6.60. The maximum absolute atomic E-state index is 13.7. The van der Waals surface area contributed by atoms with Crippen molar-refractivity contribution >= 4 is 23.1 Å². The van der Waals surface area contributed by atoms with E-state index in [1.807, 2.05) is 84.9 Å². The van der Waals surface area contributed by atoms with Crippen molar-refractivity contribution < 1.29 is 4.79 Å². The van der Waals surface area contributed by atoms with Gasteiger partial charge >= 0.3 is 5.69 Å². The van der Waals surface area contributed by atoms with Crippen molar-refractivity contribution in [1.82, 2.24) is 28.7 Å². The minimum Gasteiger partial charge on any atom is -0.324 e. The second-order valence-corrected chi connectivity index (χ2v) is 9.28. The number of H-pyrrole nitrogens is 1. The number of imidazole rings is 2. The van der Waals surface area contributed by atoms with Crippen molar-refractivity contribution in [3.63, 3.8) is 0 Å². The summed E-state index contributed by atoms with van der Waals surface area (Å²) in [5.41, 5.74) is 2.89. The molecule has 0 saturated heterocycles. The second-order valence-electron chi connectivity index (χ2n) is 9.28. The molecule has 6 rings (SSSR count). The smallest absolute Gasteiger partial charge is 0.324 e. The fraction of sp³-hybridized carbons (Fsp3) is 0.0645. The van der Waals surface area contributed by atoms with Gasteiger partial charge in [0.15, 0.2) is 5.52 Å². The molecule has 0 aliphatic heterocycles. The van der Waals surface area contributed by atoms with Gasteiger partial charge in [0.25, 0.3) is 11.5 Å². The van der Waals surface area contributed by atoms with E-state index in [9.17, 15) is 14.4 Å². The highest BCUT2D eigenvalue weighted by Gasteiger charge is 2.19. The van der Waals surface area contributed by atoms with Crippen LogP contribution in [0.3, 0.4) is 0 Å². The fourth-order valence-corrected chi connectivity index (χ4v) is 4.55. The van der Waals surface area contributed by atoms with Crippen LogP contribution < -0.4 is 11.2 Å². The van der Waals surface area contributed by atoms with Crippen molar-refractivity contribution in [3.8, 4) is 11.4 Å². The average Bonchev–Trinajstić information content (AvgIpc) is 3.69. The molecule has 0 spiro atoms. The summed E-state index contributed by atoms with van der Waals surface area (Å²) >= 11 is 0. The van der Waals surface area contributed by atoms with Crippen molar-refractivity contribution in [2.24, 2.45) is 0 Å². The normalized spacial score (nSPS) is 11.4. The lowest BCUT2D eigenvalue weighted by molar-refractivity contribution is 0.0969. The SMILES string of the molecule is O=C(C=Cc1cccc(-c2nc3c(=O)n(Cc4ccccc4)c(=O)n(Cc4ccccc4)c3[nH]2)c1)n1ccnc1. The van der Waals surface area contributed by atoms with E-state index in [-0.39, 0.29) is 24.5 Å². The molecule has 3 aromatic heterocycles. The summed E-state index contributed by atoms with van der Waals surface area (Å²) in [5.74, 6) is 0.220. The molecule has 0 unspecified atom stereocenters. The average molecular weight is 529 g/mol. The van der Waals surface area contributed by atoms with Crippen LogP contribution in [0.25, 0.3) is 28.6 Å². The Morgan fingerprint density at radius 1 is 0.850 bits per heavy atom. The Morgan fingerprint density at radius 2 is 1.55 bits per heavy atom. The first-order valence-corrected chi connectivity index (χ1v) is 12.7. The number of hydrogen-bond acceptors (Lipinski definition) is 5. The van der Waals surface area contributed by atoms with Crippen LogP contribution in [0.15, 0.2) is 119 Å². The predicted molar refractivity (Wildman–Crippen MR) is 153 cm³/mol. The summed E-state index contributed by atoms with van der Waals surface area (Å²) in [6.45, 7) is 0.405. The fourth-order valence-electron chi connectivity index (χ4n) is 4.55. The number of aromatic amines is 1. The van der Waals surface area contributed by atoms with Crippen LogP contribution in [0.2, 0.25) is 0 Å². The predicted octanol–water partition coefficient (Wildman–Crippen LogP) is 4.20. The lowest BCUT2D eigenvalue weighted by Crippen LogP contribution is -2.40. The Morgan fingerprint density at radius 3 is 2.23 bits per heavy atom. The van der Waals surface area contributed by atoms with Crippen molar-refractivity contribution in [3.05, 3.63) is 147 Å². The van der Waals surface area contributed by atoms with Crippen LogP contribution in [0.4, 0.5) is 0 Å². The zero-order chi connectivity index (χ0) is 27.5. The van der Waals surface area contributed by atoms with Gasteiger partial charge < -0.3 is 4.98 Å². The van der Waals surface area contributed by atoms with E-state index in [0.29, 0.717) is 17.0 Å². The third kappa shape index (κ3) is 4.95. The molecule has 0 atom stereocenters. The highest BCUT2D eigenvalue weighted by atomic mass is 16.2. The molecule has 196 valence electrons. The van der Waals surface area contributed by atoms with E-state index in [1.54, 1.807) is 23.0 Å². The number of benzene rings is 3. The molecule has 1 N–H and O–H groups in total. The molecular formula is C31H24N6O3. The molecule has 0 amide bonds. The van der Waals surface area contributed by atoms with Crippen LogP contribution in [-0.2, 0) is 13.1 Å². The number of rotatable bonds is 7. The number of nitrogens with one attached hydrogen (secondary N) is 1. The van der Waals surface area contributed by atoms with Crippen LogP contribution in [0.1, 0.15) is 21.5 Å². The number of aromatic nitrogens is 6. The molecule has 0 radical (unpaired) electrons. The summed E-state index contributed by atoms with van der Waals surface area (Å²) in [5, 5.41) is 0. The minimum atomic E-state index is -0.461. The van der Waals surface area contributed by atoms with Gasteiger partial charge in [-0.15, -0.1) is 0 Å². The van der Waals surface area contributed by atoms with E-state index in [2.05, 4.69) is 15.0 Å². The molecule has 6 aromatic rings. The van der Waals surface area contributed by atoms with Crippen molar-refractivity contribution in [2.45, 2.75) is 13.1 Å². The van der Waals surface area contributed by atoms with Gasteiger partial charge in [0, 0.05) is 24.0 Å². The maximum atomic E-state index is 13.7. The highest BCUT2D eigenvalue weighted by molar-refractivity contribution is 5.93. The van der Waals surface area contributed by atoms with Gasteiger partial charge in [-0.25, -0.2) is 14.8 Å². The van der Waals surface area contributed by atoms with Gasteiger partial charge in [-0.05, 0) is 28.8 Å². The molecule has 3 heterocycles. The largest absolute Gasteiger partial charge is 0.333 e. The number of nitrogens with zero attached hydrogens (tertiary/aromatic N) is 5. The van der Waals surface area contributed by atoms with Crippen LogP contribution in [-0.4, -0.2) is 34.6 Å². The molecule has 0 aliphatic carbocycles. The summed E-state index contributed by atoms with van der Waals surface area (Å²) in [7, 11) is 0. The van der Waals surface area contributed by atoms with E-state index >= 15 is 0 Å². The van der Waals surface area contributed by atoms with E-state index in [4.69, 9.17) is 0 Å². The molecule has 0 bridgehead atoms. The first kappa shape index (κ1) is 24.7. The molecule has 0 fully saturated rings. The third-order valence-electron chi connectivity index (χ3n) is 6.57. The van der Waals surface area contributed by atoms with Gasteiger partial charge in [0.1, 0.15) is 17.8 Å². The van der Waals surface area contributed by atoms with E-state index < -0.39 is 11.2 Å². The van der Waals surface area contributed by atoms with Gasteiger partial charge in [0.2, 0.25) is 0 Å². The van der Waals surface area contributed by atoms with Crippen molar-refractivity contribution in [1.29, 1.82) is 0 Å². The molecule has 9 heteroatoms. The van der Waals surface area contributed by atoms with Gasteiger partial charge in [-0.3, -0.25) is 23.3 Å². The molecule has 9 nitrogen and oxygen atoms in total. The lowest BCUT2D eigenvalue weighted by Gasteiger charge is -2.12. The summed E-state index contributed by atoms with van der Waals surface area (Å²) in [6.07, 6.45) is 7.72. The first-order valence-electron chi connectivity index (χ1n) is 12.7. The van der Waals surface area contributed by atoms with Crippen LogP contribution in [0.5, 0.6) is 0 Å². The number of carbonyl (C=O) groups is 1. The van der Waals surface area contributed by atoms with Gasteiger partial charge in [0.05, 0.1) is 13.1 Å². The second kappa shape index (κ2) is 10.7. The Hall–Kier alpha value is -5.57. The minimum absolute atomic E-state index is 0.136. The zero-order valence-corrected chi connectivity index (χ0v) is 21.3. The molecule has 0 aliphatic rings. The standard InChI is InChI=1S/C31H24N6O3/c38-26(35-17-16-32-21-35)15-14-22-12-7-13-25(18-22)28-33-27-29(34-28)36(19-23-8-3-1-4-9-23)31(40)37(30(27)39)20-24-10-5-2-6-11-24/h1-18,21H,19-20H2,(H,33,34). The van der Waals surface area contributed by atoms with Crippen LogP contribution in [0, 0.1) is 0 Å².